The Hall–Kier alpha value is 0.110. The average molecular weight is 322 g/mol. The summed E-state index contributed by atoms with van der Waals surface area (Å²) < 4.78 is 36.5. The lowest BCUT2D eigenvalue weighted by Gasteiger charge is -2.10. The highest BCUT2D eigenvalue weighted by Crippen LogP contribution is 2.29. The Kier molecular flexibility index (Phi) is 3.52. The van der Waals surface area contributed by atoms with Gasteiger partial charge in [0.15, 0.2) is 0 Å². The van der Waals surface area contributed by atoms with Gasteiger partial charge < -0.3 is 5.73 Å². The topological polar surface area (TPSA) is 38.9 Å². The normalized spacial score (nSPS) is 14.5. The number of hydrogen-bond donors (Lipinski definition) is 1. The van der Waals surface area contributed by atoms with Crippen LogP contribution < -0.4 is 5.73 Å². The molecule has 2 N–H and O–H groups in total. The standard InChI is InChI=1S/C6H6F3IN2S/c7-6(8,9)1-3(11)5-12-2-4(10)13-5/h2-3H,1,11H2/t3-/m0/s1. The highest BCUT2D eigenvalue weighted by atomic mass is 127. The van der Waals surface area contributed by atoms with Crippen LogP contribution in [0.25, 0.3) is 0 Å². The predicted molar refractivity (Wildman–Crippen MR) is 52.4 cm³/mol. The van der Waals surface area contributed by atoms with E-state index in [-0.39, 0.29) is 0 Å². The molecule has 74 valence electrons. The highest BCUT2D eigenvalue weighted by Gasteiger charge is 2.31. The van der Waals surface area contributed by atoms with E-state index in [1.54, 1.807) is 0 Å². The van der Waals surface area contributed by atoms with Gasteiger partial charge in [-0.2, -0.15) is 13.2 Å². The van der Waals surface area contributed by atoms with E-state index in [2.05, 4.69) is 4.98 Å². The fourth-order valence-electron chi connectivity index (χ4n) is 0.775. The molecule has 1 aromatic heterocycles. The minimum Gasteiger partial charge on any atom is -0.322 e. The number of hydrogen-bond acceptors (Lipinski definition) is 3. The Labute approximate surface area is 90.5 Å². The molecule has 0 aliphatic rings. The lowest BCUT2D eigenvalue weighted by atomic mass is 10.2. The molecule has 0 aliphatic heterocycles. The minimum absolute atomic E-state index is 0.335. The van der Waals surface area contributed by atoms with Crippen LogP contribution in [0.2, 0.25) is 0 Å². The number of rotatable bonds is 2. The molecule has 0 aromatic carbocycles. The molecule has 0 unspecified atom stereocenters. The molecule has 0 saturated carbocycles. The van der Waals surface area contributed by atoms with Crippen molar-refractivity contribution >= 4 is 33.9 Å². The van der Waals surface area contributed by atoms with Crippen LogP contribution in [-0.4, -0.2) is 11.2 Å². The number of nitrogens with two attached hydrogens (primary N) is 1. The van der Waals surface area contributed by atoms with Gasteiger partial charge in [0, 0.05) is 0 Å². The molecule has 0 fully saturated rings. The number of nitrogens with zero attached hydrogens (tertiary/aromatic N) is 1. The molecule has 1 aromatic rings. The fourth-order valence-corrected chi connectivity index (χ4v) is 2.24. The third-order valence-corrected chi connectivity index (χ3v) is 3.12. The Morgan fingerprint density at radius 1 is 1.62 bits per heavy atom. The van der Waals surface area contributed by atoms with Crippen LogP contribution in [0.4, 0.5) is 13.2 Å². The number of thiazole rings is 1. The van der Waals surface area contributed by atoms with Gasteiger partial charge in [-0.3, -0.25) is 0 Å². The van der Waals surface area contributed by atoms with Gasteiger partial charge >= 0.3 is 6.18 Å². The molecular weight excluding hydrogens is 316 g/mol. The van der Waals surface area contributed by atoms with Crippen LogP contribution in [0.1, 0.15) is 17.5 Å². The first-order valence-electron chi connectivity index (χ1n) is 3.32. The maximum absolute atomic E-state index is 11.9. The van der Waals surface area contributed by atoms with Crippen molar-refractivity contribution in [3.8, 4) is 0 Å². The van der Waals surface area contributed by atoms with Gasteiger partial charge in [0.05, 0.1) is 21.5 Å². The summed E-state index contributed by atoms with van der Waals surface area (Å²) in [5, 5.41) is 0.335. The zero-order valence-corrected chi connectivity index (χ0v) is 9.28. The molecular formula is C6H6F3IN2S. The average Bonchev–Trinajstić information content (AvgIpc) is 2.31. The predicted octanol–water partition coefficient (Wildman–Crippen LogP) is 2.70. The van der Waals surface area contributed by atoms with Crippen LogP contribution in [0, 0.1) is 2.88 Å². The number of alkyl halides is 3. The lowest BCUT2D eigenvalue weighted by Crippen LogP contribution is -2.19. The van der Waals surface area contributed by atoms with E-state index in [1.807, 2.05) is 22.6 Å². The third-order valence-electron chi connectivity index (χ3n) is 1.26. The molecule has 1 atom stereocenters. The van der Waals surface area contributed by atoms with E-state index in [0.717, 1.165) is 2.88 Å². The van der Waals surface area contributed by atoms with Crippen molar-refractivity contribution in [1.82, 2.24) is 4.98 Å². The largest absolute Gasteiger partial charge is 0.391 e. The summed E-state index contributed by atoms with van der Waals surface area (Å²) in [5.41, 5.74) is 5.32. The fraction of sp³-hybridized carbons (Fsp3) is 0.500. The Balaban J connectivity index is 2.64. The second-order valence-electron chi connectivity index (χ2n) is 2.43. The molecule has 0 amide bonds. The van der Waals surface area contributed by atoms with Crippen LogP contribution in [0.5, 0.6) is 0 Å². The highest BCUT2D eigenvalue weighted by molar-refractivity contribution is 14.1. The summed E-state index contributed by atoms with van der Waals surface area (Å²) in [4.78, 5) is 3.79. The minimum atomic E-state index is -4.23. The smallest absolute Gasteiger partial charge is 0.322 e. The first kappa shape index (κ1) is 11.2. The van der Waals surface area contributed by atoms with E-state index in [9.17, 15) is 13.2 Å². The van der Waals surface area contributed by atoms with Gasteiger partial charge in [-0.1, -0.05) is 0 Å². The summed E-state index contributed by atoms with van der Waals surface area (Å²) in [6, 6.07) is -1.03. The van der Waals surface area contributed by atoms with Crippen molar-refractivity contribution in [2.75, 3.05) is 0 Å². The Bertz CT molecular complexity index is 286. The molecule has 0 aliphatic carbocycles. The van der Waals surface area contributed by atoms with Crippen LogP contribution in [0.3, 0.4) is 0 Å². The summed E-state index contributed by atoms with van der Waals surface area (Å²) >= 11 is 3.18. The quantitative estimate of drug-likeness (QED) is 0.851. The van der Waals surface area contributed by atoms with Crippen molar-refractivity contribution in [3.05, 3.63) is 14.1 Å². The molecule has 0 radical (unpaired) electrons. The van der Waals surface area contributed by atoms with Gasteiger partial charge in [-0.25, -0.2) is 4.98 Å². The number of halogens is 4. The molecule has 1 heterocycles. The molecule has 0 spiro atoms. The molecule has 1 rings (SSSR count). The first-order valence-corrected chi connectivity index (χ1v) is 5.21. The molecule has 7 heteroatoms. The Morgan fingerprint density at radius 3 is 2.62 bits per heavy atom. The summed E-state index contributed by atoms with van der Waals surface area (Å²) in [5.74, 6) is 0. The lowest BCUT2D eigenvalue weighted by molar-refractivity contribution is -0.138. The molecule has 0 bridgehead atoms. The van der Waals surface area contributed by atoms with Gasteiger partial charge in [0.1, 0.15) is 5.01 Å². The van der Waals surface area contributed by atoms with Gasteiger partial charge in [-0.05, 0) is 22.6 Å². The van der Waals surface area contributed by atoms with E-state index in [1.165, 1.54) is 17.5 Å². The molecule has 2 nitrogen and oxygen atoms in total. The SMILES string of the molecule is N[C@@H](CC(F)(F)F)c1ncc(I)s1. The third kappa shape index (κ3) is 3.77. The van der Waals surface area contributed by atoms with Crippen molar-refractivity contribution in [2.24, 2.45) is 5.73 Å². The zero-order valence-electron chi connectivity index (χ0n) is 6.31. The van der Waals surface area contributed by atoms with E-state index < -0.39 is 18.6 Å². The zero-order chi connectivity index (χ0) is 10.1. The Morgan fingerprint density at radius 2 is 2.23 bits per heavy atom. The monoisotopic (exact) mass is 322 g/mol. The van der Waals surface area contributed by atoms with Crippen LogP contribution >= 0.6 is 33.9 Å². The number of aromatic nitrogens is 1. The summed E-state index contributed by atoms with van der Waals surface area (Å²) in [6.45, 7) is 0. The van der Waals surface area contributed by atoms with Gasteiger partial charge in [-0.15, -0.1) is 11.3 Å². The summed E-state index contributed by atoms with van der Waals surface area (Å²) in [6.07, 6.45) is -3.73. The van der Waals surface area contributed by atoms with E-state index in [4.69, 9.17) is 5.73 Å². The second kappa shape index (κ2) is 4.09. The van der Waals surface area contributed by atoms with Gasteiger partial charge in [0.25, 0.3) is 0 Å². The van der Waals surface area contributed by atoms with Crippen molar-refractivity contribution < 1.29 is 13.2 Å². The second-order valence-corrected chi connectivity index (χ2v) is 5.38. The van der Waals surface area contributed by atoms with E-state index in [0.29, 0.717) is 5.01 Å². The van der Waals surface area contributed by atoms with Crippen molar-refractivity contribution in [2.45, 2.75) is 18.6 Å². The van der Waals surface area contributed by atoms with Crippen LogP contribution in [0.15, 0.2) is 6.20 Å². The van der Waals surface area contributed by atoms with Crippen molar-refractivity contribution in [3.63, 3.8) is 0 Å². The van der Waals surface area contributed by atoms with Crippen LogP contribution in [-0.2, 0) is 0 Å². The van der Waals surface area contributed by atoms with Crippen molar-refractivity contribution in [1.29, 1.82) is 0 Å². The maximum Gasteiger partial charge on any atom is 0.391 e. The molecule has 13 heavy (non-hydrogen) atoms. The first-order chi connectivity index (χ1) is 5.88. The van der Waals surface area contributed by atoms with Gasteiger partial charge in [0.2, 0.25) is 0 Å². The maximum atomic E-state index is 11.9. The summed E-state index contributed by atoms with van der Waals surface area (Å²) in [7, 11) is 0. The van der Waals surface area contributed by atoms with E-state index >= 15 is 0 Å². The molecule has 0 saturated heterocycles.